The van der Waals surface area contributed by atoms with Crippen molar-refractivity contribution in [1.82, 2.24) is 10.3 Å². The van der Waals surface area contributed by atoms with Crippen molar-refractivity contribution in [3.63, 3.8) is 0 Å². The van der Waals surface area contributed by atoms with E-state index in [4.69, 9.17) is 16.0 Å². The molecule has 1 atom stereocenters. The fraction of sp³-hybridized carbons (Fsp3) is 0.200. The van der Waals surface area contributed by atoms with Gasteiger partial charge in [0.15, 0.2) is 0 Å². The van der Waals surface area contributed by atoms with Crippen LogP contribution in [0.1, 0.15) is 17.0 Å². The summed E-state index contributed by atoms with van der Waals surface area (Å²) in [5, 5.41) is 3.31. The fourth-order valence-electron chi connectivity index (χ4n) is 2.51. The molecule has 140 valence electrons. The Morgan fingerprint density at radius 1 is 1.15 bits per heavy atom. The van der Waals surface area contributed by atoms with Crippen molar-refractivity contribution in [3.05, 3.63) is 76.6 Å². The first-order valence-corrected chi connectivity index (χ1v) is 10.3. The number of hydrogen-bond donors (Lipinski definition) is 1. The number of amides is 1. The highest BCUT2D eigenvalue weighted by molar-refractivity contribution is 7.84. The minimum absolute atomic E-state index is 0.0828. The number of rotatable bonds is 7. The van der Waals surface area contributed by atoms with Crippen LogP contribution in [0.15, 0.2) is 59.0 Å². The van der Waals surface area contributed by atoms with E-state index in [-0.39, 0.29) is 17.4 Å². The highest BCUT2D eigenvalue weighted by atomic mass is 35.5. The predicted molar refractivity (Wildman–Crippen MR) is 107 cm³/mol. The minimum Gasteiger partial charge on any atom is -0.441 e. The maximum Gasteiger partial charge on any atom is 0.232 e. The summed E-state index contributed by atoms with van der Waals surface area (Å²) in [6.07, 6.45) is 0. The molecule has 0 saturated carbocycles. The molecule has 0 fully saturated rings. The quantitative estimate of drug-likeness (QED) is 0.651. The average molecular weight is 403 g/mol. The molecule has 0 bridgehead atoms. The Morgan fingerprint density at radius 3 is 2.59 bits per heavy atom. The molecular formula is C20H19ClN2O3S. The minimum atomic E-state index is -1.39. The van der Waals surface area contributed by atoms with Gasteiger partial charge in [0, 0.05) is 17.3 Å². The predicted octanol–water partition coefficient (Wildman–Crippen LogP) is 3.87. The van der Waals surface area contributed by atoms with Crippen molar-refractivity contribution in [2.45, 2.75) is 19.2 Å². The van der Waals surface area contributed by atoms with Crippen LogP contribution in [0.5, 0.6) is 0 Å². The van der Waals surface area contributed by atoms with E-state index in [0.717, 1.165) is 5.56 Å². The van der Waals surface area contributed by atoms with E-state index in [9.17, 15) is 9.00 Å². The number of hydrogen-bond acceptors (Lipinski definition) is 4. The zero-order chi connectivity index (χ0) is 19.2. The second-order valence-electron chi connectivity index (χ2n) is 5.99. The smallest absolute Gasteiger partial charge is 0.232 e. The molecule has 1 N–H and O–H groups in total. The summed E-state index contributed by atoms with van der Waals surface area (Å²) in [6.45, 7) is 2.17. The molecule has 2 aromatic carbocycles. The first-order valence-electron chi connectivity index (χ1n) is 8.39. The molecule has 0 aliphatic heterocycles. The second kappa shape index (κ2) is 8.97. The summed E-state index contributed by atoms with van der Waals surface area (Å²) < 4.78 is 18.0. The van der Waals surface area contributed by atoms with Gasteiger partial charge in [0.1, 0.15) is 11.5 Å². The molecule has 0 radical (unpaired) electrons. The van der Waals surface area contributed by atoms with Crippen molar-refractivity contribution < 1.29 is 13.4 Å². The van der Waals surface area contributed by atoms with Gasteiger partial charge in [0.05, 0.1) is 22.0 Å². The number of carbonyl (C=O) groups is 1. The van der Waals surface area contributed by atoms with Crippen LogP contribution in [0.3, 0.4) is 0 Å². The first-order chi connectivity index (χ1) is 13.0. The van der Waals surface area contributed by atoms with Gasteiger partial charge in [-0.3, -0.25) is 9.00 Å². The lowest BCUT2D eigenvalue weighted by Crippen LogP contribution is -2.28. The maximum absolute atomic E-state index is 12.3. The van der Waals surface area contributed by atoms with Gasteiger partial charge in [-0.1, -0.05) is 54.1 Å². The standard InChI is InChI=1S/C20H19ClN2O3S/c1-14-18(23-20(26-14)16-9-5-6-10-17(16)21)12-27(25)13-19(24)22-11-15-7-3-2-4-8-15/h2-10H,11-13H2,1H3,(H,22,24)/t27-/m0/s1. The topological polar surface area (TPSA) is 72.2 Å². The van der Waals surface area contributed by atoms with Gasteiger partial charge in [0.25, 0.3) is 0 Å². The van der Waals surface area contributed by atoms with Crippen LogP contribution in [-0.4, -0.2) is 20.9 Å². The van der Waals surface area contributed by atoms with E-state index in [0.29, 0.717) is 34.5 Å². The number of aromatic nitrogens is 1. The molecule has 1 heterocycles. The number of halogens is 1. The molecule has 1 aromatic heterocycles. The van der Waals surface area contributed by atoms with Crippen molar-refractivity contribution in [2.75, 3.05) is 5.75 Å². The van der Waals surface area contributed by atoms with Gasteiger partial charge in [-0.2, -0.15) is 0 Å². The largest absolute Gasteiger partial charge is 0.441 e. The van der Waals surface area contributed by atoms with E-state index in [2.05, 4.69) is 10.3 Å². The Balaban J connectivity index is 1.58. The molecule has 0 spiro atoms. The summed E-state index contributed by atoms with van der Waals surface area (Å²) in [4.78, 5) is 16.4. The summed E-state index contributed by atoms with van der Waals surface area (Å²) in [7, 11) is -1.39. The monoisotopic (exact) mass is 402 g/mol. The summed E-state index contributed by atoms with van der Waals surface area (Å²) in [6, 6.07) is 16.8. The Labute approximate surface area is 165 Å². The average Bonchev–Trinajstić information content (AvgIpc) is 3.01. The summed E-state index contributed by atoms with van der Waals surface area (Å²) in [5.74, 6) is 0.769. The molecule has 7 heteroatoms. The van der Waals surface area contributed by atoms with Crippen molar-refractivity contribution in [2.24, 2.45) is 0 Å². The van der Waals surface area contributed by atoms with Gasteiger partial charge in [-0.05, 0) is 24.6 Å². The molecular weight excluding hydrogens is 384 g/mol. The van der Waals surface area contributed by atoms with E-state index in [1.165, 1.54) is 0 Å². The lowest BCUT2D eigenvalue weighted by Gasteiger charge is -2.05. The molecule has 0 unspecified atom stereocenters. The third kappa shape index (κ3) is 5.28. The fourth-order valence-corrected chi connectivity index (χ4v) is 3.79. The SMILES string of the molecule is Cc1oc(-c2ccccc2Cl)nc1C[S@](=O)CC(=O)NCc1ccccc1. The molecule has 0 aliphatic carbocycles. The third-order valence-electron chi connectivity index (χ3n) is 3.92. The number of benzene rings is 2. The Morgan fingerprint density at radius 2 is 1.85 bits per heavy atom. The van der Waals surface area contributed by atoms with Gasteiger partial charge in [-0.25, -0.2) is 4.98 Å². The molecule has 0 saturated heterocycles. The Hall–Kier alpha value is -2.44. The number of aryl methyl sites for hydroxylation is 1. The van der Waals surface area contributed by atoms with Crippen LogP contribution in [-0.2, 0) is 27.9 Å². The second-order valence-corrected chi connectivity index (χ2v) is 7.86. The number of nitrogens with one attached hydrogen (secondary N) is 1. The van der Waals surface area contributed by atoms with Gasteiger partial charge >= 0.3 is 0 Å². The van der Waals surface area contributed by atoms with Crippen LogP contribution in [0.4, 0.5) is 0 Å². The molecule has 0 aliphatic rings. The van der Waals surface area contributed by atoms with Crippen LogP contribution in [0, 0.1) is 6.92 Å². The highest BCUT2D eigenvalue weighted by Gasteiger charge is 2.17. The van der Waals surface area contributed by atoms with E-state index >= 15 is 0 Å². The Bertz CT molecular complexity index is 957. The van der Waals surface area contributed by atoms with Crippen molar-refractivity contribution in [3.8, 4) is 11.5 Å². The van der Waals surface area contributed by atoms with Crippen LogP contribution in [0.2, 0.25) is 5.02 Å². The zero-order valence-electron chi connectivity index (χ0n) is 14.8. The van der Waals surface area contributed by atoms with Crippen molar-refractivity contribution >= 4 is 28.3 Å². The number of carbonyl (C=O) groups excluding carboxylic acids is 1. The molecule has 3 aromatic rings. The van der Waals surface area contributed by atoms with Crippen molar-refractivity contribution in [1.29, 1.82) is 0 Å². The lowest BCUT2D eigenvalue weighted by molar-refractivity contribution is -0.118. The van der Waals surface area contributed by atoms with E-state index in [1.54, 1.807) is 13.0 Å². The number of nitrogens with zero attached hydrogens (tertiary/aromatic N) is 1. The molecule has 3 rings (SSSR count). The lowest BCUT2D eigenvalue weighted by atomic mass is 10.2. The van der Waals surface area contributed by atoms with Crippen LogP contribution in [0.25, 0.3) is 11.5 Å². The number of oxazole rings is 1. The molecule has 1 amide bonds. The van der Waals surface area contributed by atoms with Gasteiger partial charge in [-0.15, -0.1) is 0 Å². The van der Waals surface area contributed by atoms with Gasteiger partial charge < -0.3 is 9.73 Å². The normalized spacial score (nSPS) is 11.9. The molecule has 5 nitrogen and oxygen atoms in total. The zero-order valence-corrected chi connectivity index (χ0v) is 16.3. The maximum atomic E-state index is 12.3. The van der Waals surface area contributed by atoms with Gasteiger partial charge in [0.2, 0.25) is 11.8 Å². The van der Waals surface area contributed by atoms with Crippen LogP contribution >= 0.6 is 11.6 Å². The highest BCUT2D eigenvalue weighted by Crippen LogP contribution is 2.28. The summed E-state index contributed by atoms with van der Waals surface area (Å²) in [5.41, 5.74) is 2.24. The first kappa shape index (κ1) is 19.3. The molecule has 27 heavy (non-hydrogen) atoms. The van der Waals surface area contributed by atoms with E-state index in [1.807, 2.05) is 48.5 Å². The third-order valence-corrected chi connectivity index (χ3v) is 5.43. The van der Waals surface area contributed by atoms with E-state index < -0.39 is 10.8 Å². The Kier molecular flexibility index (Phi) is 6.42. The summed E-state index contributed by atoms with van der Waals surface area (Å²) >= 11 is 6.17. The van der Waals surface area contributed by atoms with Crippen LogP contribution < -0.4 is 5.32 Å².